The molecule has 1 fully saturated rings. The van der Waals surface area contributed by atoms with Gasteiger partial charge in [-0.1, -0.05) is 55.0 Å². The molecule has 6 nitrogen and oxygen atoms in total. The van der Waals surface area contributed by atoms with Crippen molar-refractivity contribution in [3.05, 3.63) is 87.5 Å². The second kappa shape index (κ2) is 10.0. The van der Waals surface area contributed by atoms with Gasteiger partial charge >= 0.3 is 0 Å². The van der Waals surface area contributed by atoms with Crippen molar-refractivity contribution in [2.75, 3.05) is 24.5 Å². The zero-order chi connectivity index (χ0) is 24.4. The molecule has 35 heavy (non-hydrogen) atoms. The molecule has 3 heterocycles. The normalized spacial score (nSPS) is 16.9. The number of carbonyl (C=O) groups is 1. The summed E-state index contributed by atoms with van der Waals surface area (Å²) in [5.41, 5.74) is 3.79. The molecular formula is C28H30N4O2S. The number of fused-ring (bicyclic) bond motifs is 1. The third-order valence-corrected chi connectivity index (χ3v) is 7.67. The number of anilines is 1. The van der Waals surface area contributed by atoms with Crippen molar-refractivity contribution >= 4 is 33.4 Å². The second-order valence-corrected chi connectivity index (χ2v) is 10.3. The Morgan fingerprint density at radius 2 is 1.91 bits per heavy atom. The van der Waals surface area contributed by atoms with E-state index in [0.717, 1.165) is 30.6 Å². The van der Waals surface area contributed by atoms with Crippen LogP contribution in [0.5, 0.6) is 0 Å². The Hall–Kier alpha value is -3.45. The van der Waals surface area contributed by atoms with E-state index < -0.39 is 0 Å². The maximum Gasteiger partial charge on any atom is 0.277 e. The monoisotopic (exact) mass is 486 g/mol. The van der Waals surface area contributed by atoms with E-state index in [2.05, 4.69) is 29.3 Å². The summed E-state index contributed by atoms with van der Waals surface area (Å²) >= 11 is 1.42. The summed E-state index contributed by atoms with van der Waals surface area (Å²) in [6.07, 6.45) is 1.70. The van der Waals surface area contributed by atoms with Gasteiger partial charge in [-0.2, -0.15) is 0 Å². The largest absolute Gasteiger partial charge is 0.355 e. The van der Waals surface area contributed by atoms with Gasteiger partial charge in [-0.25, -0.2) is 9.55 Å². The first kappa shape index (κ1) is 23.3. The Morgan fingerprint density at radius 3 is 2.69 bits per heavy atom. The molecule has 1 aliphatic rings. The highest BCUT2D eigenvalue weighted by Crippen LogP contribution is 2.27. The number of aromatic nitrogens is 2. The van der Waals surface area contributed by atoms with Gasteiger partial charge in [0, 0.05) is 19.6 Å². The SMILES string of the molecule is Cc1ccc(-n2c(N3CCCC(C(=O)NCC(C)c4ccccc4)C3)nc3ccsc3c2=O)cc1. The van der Waals surface area contributed by atoms with E-state index in [0.29, 0.717) is 29.3 Å². The lowest BCUT2D eigenvalue weighted by molar-refractivity contribution is -0.125. The van der Waals surface area contributed by atoms with Crippen molar-refractivity contribution < 1.29 is 4.79 Å². The lowest BCUT2D eigenvalue weighted by atomic mass is 9.96. The topological polar surface area (TPSA) is 67.2 Å². The number of hydrogen-bond acceptors (Lipinski definition) is 5. The number of rotatable bonds is 6. The Kier molecular flexibility index (Phi) is 6.68. The van der Waals surface area contributed by atoms with Crippen molar-refractivity contribution in [1.82, 2.24) is 14.9 Å². The van der Waals surface area contributed by atoms with Crippen LogP contribution in [0.3, 0.4) is 0 Å². The average Bonchev–Trinajstić information content (AvgIpc) is 3.37. The van der Waals surface area contributed by atoms with Gasteiger partial charge in [0.2, 0.25) is 11.9 Å². The van der Waals surface area contributed by atoms with Gasteiger partial charge in [-0.3, -0.25) is 9.59 Å². The fourth-order valence-corrected chi connectivity index (χ4v) is 5.47. The fraction of sp³-hybridized carbons (Fsp3) is 0.321. The number of aryl methyl sites for hydroxylation is 1. The van der Waals surface area contributed by atoms with Crippen LogP contribution in [0.2, 0.25) is 0 Å². The molecule has 0 radical (unpaired) electrons. The van der Waals surface area contributed by atoms with E-state index in [1.807, 2.05) is 60.8 Å². The maximum atomic E-state index is 13.5. The Balaban J connectivity index is 1.39. The second-order valence-electron chi connectivity index (χ2n) is 9.36. The van der Waals surface area contributed by atoms with E-state index in [-0.39, 0.29) is 23.3 Å². The van der Waals surface area contributed by atoms with Crippen LogP contribution in [-0.2, 0) is 4.79 Å². The highest BCUT2D eigenvalue weighted by atomic mass is 32.1. The molecule has 5 rings (SSSR count). The number of nitrogens with zero attached hydrogens (tertiary/aromatic N) is 3. The zero-order valence-corrected chi connectivity index (χ0v) is 20.9. The van der Waals surface area contributed by atoms with Gasteiger partial charge in [-0.15, -0.1) is 11.3 Å². The predicted octanol–water partition coefficient (Wildman–Crippen LogP) is 4.89. The van der Waals surface area contributed by atoms with E-state index in [1.54, 1.807) is 4.57 Å². The molecule has 0 bridgehead atoms. The summed E-state index contributed by atoms with van der Waals surface area (Å²) < 4.78 is 2.35. The molecule has 0 saturated carbocycles. The Labute approximate surface area is 209 Å². The van der Waals surface area contributed by atoms with Gasteiger partial charge in [-0.05, 0) is 54.8 Å². The smallest absolute Gasteiger partial charge is 0.277 e. The third kappa shape index (κ3) is 4.86. The van der Waals surface area contributed by atoms with E-state index in [9.17, 15) is 9.59 Å². The van der Waals surface area contributed by atoms with Gasteiger partial charge < -0.3 is 10.2 Å². The van der Waals surface area contributed by atoms with Crippen molar-refractivity contribution in [3.63, 3.8) is 0 Å². The number of benzene rings is 2. The van der Waals surface area contributed by atoms with Crippen molar-refractivity contribution in [2.24, 2.45) is 5.92 Å². The van der Waals surface area contributed by atoms with E-state index in [4.69, 9.17) is 4.98 Å². The first-order chi connectivity index (χ1) is 17.0. The standard InChI is InChI=1S/C28H30N4O2S/c1-19-10-12-23(13-11-19)32-27(34)25-24(14-16-35-25)30-28(32)31-15-6-9-22(18-31)26(33)29-17-20(2)21-7-4-3-5-8-21/h3-5,7-8,10-14,16,20,22H,6,9,15,17-18H2,1-2H3,(H,29,33). The molecule has 0 spiro atoms. The first-order valence-corrected chi connectivity index (χ1v) is 13.0. The van der Waals surface area contributed by atoms with Crippen LogP contribution in [-0.4, -0.2) is 35.1 Å². The fourth-order valence-electron chi connectivity index (χ4n) is 4.71. The molecule has 1 aliphatic heterocycles. The maximum absolute atomic E-state index is 13.5. The van der Waals surface area contributed by atoms with Crippen LogP contribution in [0.25, 0.3) is 15.9 Å². The summed E-state index contributed by atoms with van der Waals surface area (Å²) in [4.78, 5) is 33.6. The molecule has 1 N–H and O–H groups in total. The molecule has 2 unspecified atom stereocenters. The summed E-state index contributed by atoms with van der Waals surface area (Å²) in [6, 6.07) is 20.1. The molecule has 2 aromatic carbocycles. The molecular weight excluding hydrogens is 456 g/mol. The van der Waals surface area contributed by atoms with Crippen LogP contribution in [0.1, 0.15) is 36.8 Å². The summed E-state index contributed by atoms with van der Waals surface area (Å²) in [6.45, 7) is 6.06. The zero-order valence-electron chi connectivity index (χ0n) is 20.1. The summed E-state index contributed by atoms with van der Waals surface area (Å²) in [5.74, 6) is 0.778. The van der Waals surface area contributed by atoms with Crippen LogP contribution in [0, 0.1) is 12.8 Å². The van der Waals surface area contributed by atoms with Crippen LogP contribution >= 0.6 is 11.3 Å². The van der Waals surface area contributed by atoms with Gasteiger partial charge in [0.25, 0.3) is 5.56 Å². The number of hydrogen-bond donors (Lipinski definition) is 1. The summed E-state index contributed by atoms with van der Waals surface area (Å²) in [7, 11) is 0. The van der Waals surface area contributed by atoms with E-state index in [1.165, 1.54) is 16.9 Å². The predicted molar refractivity (Wildman–Crippen MR) is 143 cm³/mol. The lowest BCUT2D eigenvalue weighted by Gasteiger charge is -2.34. The van der Waals surface area contributed by atoms with E-state index >= 15 is 0 Å². The first-order valence-electron chi connectivity index (χ1n) is 12.2. The number of thiophene rings is 1. The number of piperidine rings is 1. The minimum Gasteiger partial charge on any atom is -0.355 e. The molecule has 2 atom stereocenters. The number of amides is 1. The third-order valence-electron chi connectivity index (χ3n) is 6.78. The molecule has 1 amide bonds. The van der Waals surface area contributed by atoms with Crippen molar-refractivity contribution in [1.29, 1.82) is 0 Å². The minimum atomic E-state index is -0.145. The highest BCUT2D eigenvalue weighted by Gasteiger charge is 2.29. The van der Waals surface area contributed by atoms with Crippen molar-refractivity contribution in [2.45, 2.75) is 32.6 Å². The lowest BCUT2D eigenvalue weighted by Crippen LogP contribution is -2.45. The molecule has 4 aromatic rings. The molecule has 7 heteroatoms. The highest BCUT2D eigenvalue weighted by molar-refractivity contribution is 7.17. The summed E-state index contributed by atoms with van der Waals surface area (Å²) in [5, 5.41) is 5.06. The van der Waals surface area contributed by atoms with Gasteiger partial charge in [0.15, 0.2) is 0 Å². The molecule has 180 valence electrons. The van der Waals surface area contributed by atoms with Gasteiger partial charge in [0.05, 0.1) is 17.1 Å². The van der Waals surface area contributed by atoms with Crippen LogP contribution < -0.4 is 15.8 Å². The number of carbonyl (C=O) groups excluding carboxylic acids is 1. The molecule has 0 aliphatic carbocycles. The minimum absolute atomic E-state index is 0.0629. The molecule has 1 saturated heterocycles. The number of nitrogens with one attached hydrogen (secondary N) is 1. The van der Waals surface area contributed by atoms with Crippen LogP contribution in [0.4, 0.5) is 5.95 Å². The Morgan fingerprint density at radius 1 is 1.14 bits per heavy atom. The molecule has 2 aromatic heterocycles. The quantitative estimate of drug-likeness (QED) is 0.421. The van der Waals surface area contributed by atoms with Gasteiger partial charge in [0.1, 0.15) is 4.70 Å². The average molecular weight is 487 g/mol. The van der Waals surface area contributed by atoms with Crippen LogP contribution in [0.15, 0.2) is 70.8 Å². The van der Waals surface area contributed by atoms with Crippen molar-refractivity contribution in [3.8, 4) is 5.69 Å². The Bertz CT molecular complexity index is 1380.